The quantitative estimate of drug-likeness (QED) is 0.398. The largest absolute Gasteiger partial charge is 0.497 e. The highest BCUT2D eigenvalue weighted by molar-refractivity contribution is 6.64. The summed E-state index contributed by atoms with van der Waals surface area (Å²) < 4.78 is 0. The summed E-state index contributed by atoms with van der Waals surface area (Å²) in [6, 6.07) is 3.87. The van der Waals surface area contributed by atoms with Crippen LogP contribution in [-0.2, 0) is 0 Å². The highest BCUT2D eigenvalue weighted by Crippen LogP contribution is 2.14. The van der Waals surface area contributed by atoms with Gasteiger partial charge >= 0.3 is 7.12 Å². The van der Waals surface area contributed by atoms with Crippen molar-refractivity contribution in [3.63, 3.8) is 0 Å². The Balaban J connectivity index is 3.34. The van der Waals surface area contributed by atoms with E-state index in [-0.39, 0.29) is 10.5 Å². The van der Waals surface area contributed by atoms with Gasteiger partial charge in [-0.05, 0) is 6.07 Å². The minimum Gasteiger partial charge on any atom is -0.423 e. The minimum atomic E-state index is -1.94. The van der Waals surface area contributed by atoms with E-state index in [1.807, 2.05) is 0 Å². The van der Waals surface area contributed by atoms with Crippen molar-refractivity contribution >= 4 is 29.9 Å². The summed E-state index contributed by atoms with van der Waals surface area (Å²) in [5, 5.41) is 28.0. The Bertz CT molecular complexity index is 343. The van der Waals surface area contributed by atoms with Gasteiger partial charge in [0.1, 0.15) is 0 Å². The second kappa shape index (κ2) is 3.74. The predicted octanol–water partition coefficient (Wildman–Crippen LogP) is -0.0720. The first kappa shape index (κ1) is 9.98. The lowest BCUT2D eigenvalue weighted by Gasteiger charge is -2.02. The zero-order valence-electron chi connectivity index (χ0n) is 6.35. The van der Waals surface area contributed by atoms with Crippen LogP contribution in [0.4, 0.5) is 5.69 Å². The lowest BCUT2D eigenvalue weighted by atomic mass is 9.79. The van der Waals surface area contributed by atoms with Gasteiger partial charge in [-0.1, -0.05) is 17.7 Å². The molecule has 0 amide bonds. The van der Waals surface area contributed by atoms with E-state index < -0.39 is 17.7 Å². The summed E-state index contributed by atoms with van der Waals surface area (Å²) in [4.78, 5) is 9.68. The summed E-state index contributed by atoms with van der Waals surface area (Å²) >= 11 is 5.54. The average molecular weight is 201 g/mol. The van der Waals surface area contributed by atoms with E-state index in [0.717, 1.165) is 6.07 Å². The van der Waals surface area contributed by atoms with E-state index in [1.54, 1.807) is 0 Å². The summed E-state index contributed by atoms with van der Waals surface area (Å²) in [6.07, 6.45) is 0. The van der Waals surface area contributed by atoms with Gasteiger partial charge in [-0.3, -0.25) is 10.1 Å². The molecule has 68 valence electrons. The molecule has 2 N–H and O–H groups in total. The lowest BCUT2D eigenvalue weighted by molar-refractivity contribution is -0.383. The minimum absolute atomic E-state index is 0.0378. The van der Waals surface area contributed by atoms with E-state index in [9.17, 15) is 10.1 Å². The van der Waals surface area contributed by atoms with Gasteiger partial charge in [-0.25, -0.2) is 0 Å². The van der Waals surface area contributed by atoms with Crippen molar-refractivity contribution in [1.29, 1.82) is 0 Å². The van der Waals surface area contributed by atoms with Crippen LogP contribution in [0.25, 0.3) is 0 Å². The van der Waals surface area contributed by atoms with Crippen LogP contribution in [0.15, 0.2) is 18.2 Å². The van der Waals surface area contributed by atoms with Crippen LogP contribution in [0, 0.1) is 10.1 Å². The van der Waals surface area contributed by atoms with Crippen LogP contribution in [-0.4, -0.2) is 22.1 Å². The molecule has 0 unspecified atom stereocenters. The van der Waals surface area contributed by atoms with Gasteiger partial charge in [0.05, 0.1) is 10.4 Å². The second-order valence-corrected chi connectivity index (χ2v) is 2.71. The van der Waals surface area contributed by atoms with Gasteiger partial charge in [-0.2, -0.15) is 0 Å². The molecule has 1 rings (SSSR count). The Morgan fingerprint density at radius 1 is 1.46 bits per heavy atom. The van der Waals surface area contributed by atoms with Crippen molar-refractivity contribution in [3.05, 3.63) is 33.3 Å². The first-order valence-electron chi connectivity index (χ1n) is 3.33. The molecular weight excluding hydrogens is 196 g/mol. The maximum atomic E-state index is 10.4. The van der Waals surface area contributed by atoms with Gasteiger partial charge in [0, 0.05) is 11.1 Å². The molecule has 0 heterocycles. The molecule has 0 aliphatic rings. The van der Waals surface area contributed by atoms with Crippen LogP contribution in [0.3, 0.4) is 0 Å². The summed E-state index contributed by atoms with van der Waals surface area (Å²) in [5.41, 5.74) is -0.684. The van der Waals surface area contributed by atoms with Crippen molar-refractivity contribution in [2.45, 2.75) is 0 Å². The Kier molecular flexibility index (Phi) is 2.87. The Morgan fingerprint density at radius 3 is 2.46 bits per heavy atom. The highest BCUT2D eigenvalue weighted by atomic mass is 35.5. The molecule has 1 aromatic carbocycles. The molecule has 13 heavy (non-hydrogen) atoms. The molecule has 1 aromatic rings. The topological polar surface area (TPSA) is 83.6 Å². The molecule has 0 aliphatic carbocycles. The zero-order chi connectivity index (χ0) is 10.0. The number of benzene rings is 1. The lowest BCUT2D eigenvalue weighted by Crippen LogP contribution is -2.32. The van der Waals surface area contributed by atoms with Crippen LogP contribution >= 0.6 is 11.6 Å². The molecule has 0 saturated heterocycles. The highest BCUT2D eigenvalue weighted by Gasteiger charge is 2.26. The molecule has 0 spiro atoms. The standard InChI is InChI=1S/C6H5BClNO4/c8-4-2-1-3-5(9(12)13)6(4)7(10)11/h1-3,10-11H. The maximum Gasteiger partial charge on any atom is 0.497 e. The third kappa shape index (κ3) is 1.97. The van der Waals surface area contributed by atoms with E-state index in [1.165, 1.54) is 12.1 Å². The second-order valence-electron chi connectivity index (χ2n) is 2.30. The normalized spacial score (nSPS) is 9.77. The molecule has 0 saturated carbocycles. The first-order valence-corrected chi connectivity index (χ1v) is 3.70. The summed E-state index contributed by atoms with van der Waals surface area (Å²) in [7, 11) is -1.94. The number of hydrogen-bond donors (Lipinski definition) is 2. The van der Waals surface area contributed by atoms with Crippen molar-refractivity contribution in [2.24, 2.45) is 0 Å². The number of halogens is 1. The fourth-order valence-corrected chi connectivity index (χ4v) is 1.21. The molecule has 7 heteroatoms. The summed E-state index contributed by atoms with van der Waals surface area (Å²) in [5.74, 6) is 0. The van der Waals surface area contributed by atoms with Crippen LogP contribution in [0.1, 0.15) is 0 Å². The van der Waals surface area contributed by atoms with E-state index in [4.69, 9.17) is 21.6 Å². The number of nitro benzene ring substituents is 1. The molecule has 5 nitrogen and oxygen atoms in total. The van der Waals surface area contributed by atoms with Gasteiger partial charge in [0.15, 0.2) is 0 Å². The Hall–Kier alpha value is -1.11. The molecule has 0 aromatic heterocycles. The first-order chi connectivity index (χ1) is 6.04. The van der Waals surface area contributed by atoms with Crippen molar-refractivity contribution in [3.8, 4) is 0 Å². The molecule has 0 bridgehead atoms. The van der Waals surface area contributed by atoms with Gasteiger partial charge in [0.2, 0.25) is 0 Å². The van der Waals surface area contributed by atoms with Crippen molar-refractivity contribution in [2.75, 3.05) is 0 Å². The average Bonchev–Trinajstić information content (AvgIpc) is 2.02. The monoisotopic (exact) mass is 201 g/mol. The third-order valence-corrected chi connectivity index (χ3v) is 1.81. The van der Waals surface area contributed by atoms with E-state index in [0.29, 0.717) is 0 Å². The van der Waals surface area contributed by atoms with E-state index >= 15 is 0 Å². The van der Waals surface area contributed by atoms with Gasteiger partial charge in [-0.15, -0.1) is 0 Å². The number of rotatable bonds is 2. The SMILES string of the molecule is O=[N+]([O-])c1cccc(Cl)c1B(O)O. The number of hydrogen-bond acceptors (Lipinski definition) is 4. The number of nitro groups is 1. The van der Waals surface area contributed by atoms with Crippen molar-refractivity contribution in [1.82, 2.24) is 0 Å². The molecule has 0 fully saturated rings. The molecule has 0 atom stereocenters. The van der Waals surface area contributed by atoms with Crippen LogP contribution in [0.5, 0.6) is 0 Å². The molecule has 0 aliphatic heterocycles. The third-order valence-electron chi connectivity index (χ3n) is 1.48. The summed E-state index contributed by atoms with van der Waals surface area (Å²) in [6.45, 7) is 0. The maximum absolute atomic E-state index is 10.4. The van der Waals surface area contributed by atoms with Crippen molar-refractivity contribution < 1.29 is 15.0 Å². The van der Waals surface area contributed by atoms with Gasteiger partial charge in [0.25, 0.3) is 5.69 Å². The van der Waals surface area contributed by atoms with Gasteiger partial charge < -0.3 is 10.0 Å². The molecule has 0 radical (unpaired) electrons. The predicted molar refractivity (Wildman–Crippen MR) is 47.9 cm³/mol. The Labute approximate surface area is 78.9 Å². The van der Waals surface area contributed by atoms with E-state index in [2.05, 4.69) is 0 Å². The van der Waals surface area contributed by atoms with Crippen LogP contribution in [0.2, 0.25) is 5.02 Å². The number of nitrogens with zero attached hydrogens (tertiary/aromatic N) is 1. The zero-order valence-corrected chi connectivity index (χ0v) is 7.10. The fraction of sp³-hybridized carbons (Fsp3) is 0. The Morgan fingerprint density at radius 2 is 2.08 bits per heavy atom. The fourth-order valence-electron chi connectivity index (χ4n) is 0.940. The smallest absolute Gasteiger partial charge is 0.423 e. The molecular formula is C6H5BClNO4. The van der Waals surface area contributed by atoms with Crippen LogP contribution < -0.4 is 5.46 Å².